The SMILES string of the molecule is CCCC1=C2[C@@H](CC/C(=C/c3ccc(CO)o3)CCC)OC[C@@H]2[C@@H]2C(=O)N(c3cccc(B(O)O)c3)C(=O)[C@@H]2C1. The van der Waals surface area contributed by atoms with Crippen LogP contribution in [0.15, 0.2) is 57.5 Å². The lowest BCUT2D eigenvalue weighted by Crippen LogP contribution is -2.35. The summed E-state index contributed by atoms with van der Waals surface area (Å²) in [5.41, 5.74) is 4.32. The van der Waals surface area contributed by atoms with Crippen LogP contribution in [-0.4, -0.2) is 46.8 Å². The van der Waals surface area contributed by atoms with Crippen LogP contribution in [0.25, 0.3) is 6.08 Å². The second-order valence-corrected chi connectivity index (χ2v) is 11.1. The third-order valence-corrected chi connectivity index (χ3v) is 8.47. The smallest absolute Gasteiger partial charge is 0.459 e. The molecule has 1 aliphatic carbocycles. The van der Waals surface area contributed by atoms with E-state index < -0.39 is 19.0 Å². The van der Waals surface area contributed by atoms with Crippen molar-refractivity contribution in [2.75, 3.05) is 11.5 Å². The summed E-state index contributed by atoms with van der Waals surface area (Å²) < 4.78 is 12.1. The topological polar surface area (TPSA) is 120 Å². The van der Waals surface area contributed by atoms with Gasteiger partial charge in [-0.15, -0.1) is 0 Å². The number of furan rings is 1. The number of hydrogen-bond acceptors (Lipinski definition) is 7. The van der Waals surface area contributed by atoms with Crippen LogP contribution < -0.4 is 10.4 Å². The Bertz CT molecular complexity index is 1310. The molecule has 0 radical (unpaired) electrons. The number of hydrogen-bond donors (Lipinski definition) is 3. The standard InChI is InChI=1S/C31H38BNO7/c1-3-6-19(14-23-11-12-24(17-34)40-23)10-13-27-28-20(7-4-2)15-25-29(26(28)18-39-27)31(36)33(30(25)35)22-9-5-8-21(16-22)32(37)38/h5,8-9,11-12,14,16,25-27,29,34,37-38H,3-4,6-7,10,13,15,17-18H2,1-2H3/b19-14+/t25-,26+,27-,29-/m1/s1. The van der Waals surface area contributed by atoms with Gasteiger partial charge in [0.2, 0.25) is 11.8 Å². The number of aliphatic hydroxyl groups excluding tert-OH is 1. The zero-order valence-electron chi connectivity index (χ0n) is 23.2. The van der Waals surface area contributed by atoms with Gasteiger partial charge in [0.1, 0.15) is 18.1 Å². The van der Waals surface area contributed by atoms with Crippen molar-refractivity contribution < 1.29 is 33.9 Å². The Morgan fingerprint density at radius 2 is 1.90 bits per heavy atom. The summed E-state index contributed by atoms with van der Waals surface area (Å²) in [6.07, 6.45) is 7.89. The van der Waals surface area contributed by atoms with E-state index in [0.717, 1.165) is 44.3 Å². The number of ether oxygens (including phenoxy) is 1. The highest BCUT2D eigenvalue weighted by Crippen LogP contribution is 2.51. The molecule has 1 aromatic heterocycles. The Hall–Kier alpha value is -2.98. The molecular formula is C31H38BNO7. The molecule has 3 heterocycles. The average molecular weight is 547 g/mol. The van der Waals surface area contributed by atoms with Gasteiger partial charge in [0.15, 0.2) is 0 Å². The van der Waals surface area contributed by atoms with Crippen molar-refractivity contribution in [1.82, 2.24) is 0 Å². The predicted octanol–water partition coefficient (Wildman–Crippen LogP) is 3.74. The van der Waals surface area contributed by atoms with Gasteiger partial charge < -0.3 is 24.3 Å². The first-order chi connectivity index (χ1) is 19.4. The highest BCUT2D eigenvalue weighted by atomic mass is 16.5. The second-order valence-electron chi connectivity index (χ2n) is 11.1. The minimum atomic E-state index is -1.68. The number of carbonyl (C=O) groups is 2. The van der Waals surface area contributed by atoms with E-state index >= 15 is 0 Å². The number of amides is 2. The summed E-state index contributed by atoms with van der Waals surface area (Å²) in [5, 5.41) is 28.6. The fourth-order valence-electron chi connectivity index (χ4n) is 6.76. The van der Waals surface area contributed by atoms with Crippen molar-refractivity contribution in [3.63, 3.8) is 0 Å². The monoisotopic (exact) mass is 547 g/mol. The average Bonchev–Trinajstić information content (AvgIpc) is 3.64. The zero-order valence-corrected chi connectivity index (χ0v) is 23.2. The summed E-state index contributed by atoms with van der Waals surface area (Å²) in [5.74, 6) is -0.203. The molecule has 9 heteroatoms. The van der Waals surface area contributed by atoms with Crippen LogP contribution in [0.2, 0.25) is 0 Å². The van der Waals surface area contributed by atoms with Crippen LogP contribution in [0.1, 0.15) is 70.3 Å². The molecule has 2 fully saturated rings. The van der Waals surface area contributed by atoms with Crippen molar-refractivity contribution in [2.24, 2.45) is 17.8 Å². The number of nitrogens with zero attached hydrogens (tertiary/aromatic N) is 1. The Morgan fingerprint density at radius 1 is 1.07 bits per heavy atom. The van der Waals surface area contributed by atoms with Gasteiger partial charge in [-0.1, -0.05) is 50.0 Å². The molecule has 2 aliphatic heterocycles. The summed E-state index contributed by atoms with van der Waals surface area (Å²) in [7, 11) is -1.68. The third kappa shape index (κ3) is 5.48. The molecule has 212 valence electrons. The summed E-state index contributed by atoms with van der Waals surface area (Å²) >= 11 is 0. The normalized spacial score (nSPS) is 24.6. The molecule has 8 nitrogen and oxygen atoms in total. The maximum absolute atomic E-state index is 13.8. The van der Waals surface area contributed by atoms with Crippen LogP contribution in [0.4, 0.5) is 5.69 Å². The van der Waals surface area contributed by atoms with E-state index in [9.17, 15) is 24.7 Å². The lowest BCUT2D eigenvalue weighted by atomic mass is 9.68. The van der Waals surface area contributed by atoms with E-state index in [4.69, 9.17) is 9.15 Å². The second kappa shape index (κ2) is 12.3. The highest BCUT2D eigenvalue weighted by molar-refractivity contribution is 6.58. The van der Waals surface area contributed by atoms with E-state index in [0.29, 0.717) is 24.5 Å². The van der Waals surface area contributed by atoms with E-state index in [-0.39, 0.29) is 35.9 Å². The lowest BCUT2D eigenvalue weighted by Gasteiger charge is -2.32. The molecule has 4 atom stereocenters. The minimum Gasteiger partial charge on any atom is -0.459 e. The van der Waals surface area contributed by atoms with Crippen LogP contribution in [0.5, 0.6) is 0 Å². The van der Waals surface area contributed by atoms with Crippen LogP contribution in [0.3, 0.4) is 0 Å². The number of aliphatic hydroxyl groups is 1. The summed E-state index contributed by atoms with van der Waals surface area (Å²) in [4.78, 5) is 28.7. The van der Waals surface area contributed by atoms with Gasteiger partial charge in [0.25, 0.3) is 0 Å². The Kier molecular flexibility index (Phi) is 8.75. The molecule has 5 rings (SSSR count). The molecule has 0 unspecified atom stereocenters. The van der Waals surface area contributed by atoms with E-state index in [2.05, 4.69) is 19.9 Å². The number of anilines is 1. The van der Waals surface area contributed by atoms with Gasteiger partial charge in [-0.2, -0.15) is 0 Å². The lowest BCUT2D eigenvalue weighted by molar-refractivity contribution is -0.122. The predicted molar refractivity (Wildman–Crippen MR) is 152 cm³/mol. The van der Waals surface area contributed by atoms with Gasteiger partial charge in [-0.3, -0.25) is 14.5 Å². The molecular weight excluding hydrogens is 509 g/mol. The van der Waals surface area contributed by atoms with Gasteiger partial charge in [-0.05, 0) is 73.5 Å². The molecule has 0 spiro atoms. The first-order valence-electron chi connectivity index (χ1n) is 14.4. The maximum Gasteiger partial charge on any atom is 0.488 e. The first-order valence-corrected chi connectivity index (χ1v) is 14.4. The van der Waals surface area contributed by atoms with Crippen molar-refractivity contribution in [3.8, 4) is 0 Å². The number of rotatable bonds is 11. The molecule has 2 aromatic rings. The largest absolute Gasteiger partial charge is 0.488 e. The van der Waals surface area contributed by atoms with Gasteiger partial charge in [-0.25, -0.2) is 0 Å². The van der Waals surface area contributed by atoms with Crippen LogP contribution >= 0.6 is 0 Å². The van der Waals surface area contributed by atoms with Crippen molar-refractivity contribution in [1.29, 1.82) is 0 Å². The van der Waals surface area contributed by atoms with Crippen molar-refractivity contribution >= 4 is 36.2 Å². The van der Waals surface area contributed by atoms with Gasteiger partial charge in [0, 0.05) is 5.92 Å². The summed E-state index contributed by atoms with van der Waals surface area (Å²) in [6, 6.07) is 10.0. The molecule has 3 aliphatic rings. The Balaban J connectivity index is 1.38. The van der Waals surface area contributed by atoms with Crippen LogP contribution in [-0.2, 0) is 20.9 Å². The molecule has 2 amide bonds. The first kappa shape index (κ1) is 28.5. The molecule has 0 bridgehead atoms. The van der Waals surface area contributed by atoms with E-state index in [1.54, 1.807) is 24.3 Å². The van der Waals surface area contributed by atoms with Gasteiger partial charge >= 0.3 is 7.12 Å². The molecule has 2 saturated heterocycles. The minimum absolute atomic E-state index is 0.0952. The quantitative estimate of drug-likeness (QED) is 0.223. The van der Waals surface area contributed by atoms with Crippen LogP contribution in [0, 0.1) is 17.8 Å². The molecule has 40 heavy (non-hydrogen) atoms. The number of fused-ring (bicyclic) bond motifs is 3. The molecule has 3 N–H and O–H groups in total. The summed E-state index contributed by atoms with van der Waals surface area (Å²) in [6.45, 7) is 4.57. The zero-order chi connectivity index (χ0) is 28.4. The number of benzene rings is 1. The fraction of sp³-hybridized carbons (Fsp3) is 0.484. The number of imide groups is 1. The van der Waals surface area contributed by atoms with Crippen molar-refractivity contribution in [2.45, 2.75) is 71.5 Å². The number of allylic oxidation sites excluding steroid dienone is 2. The number of carbonyl (C=O) groups excluding carboxylic acids is 2. The molecule has 0 saturated carbocycles. The van der Waals surface area contributed by atoms with Gasteiger partial charge in [0.05, 0.1) is 30.2 Å². The fourth-order valence-corrected chi connectivity index (χ4v) is 6.76. The third-order valence-electron chi connectivity index (χ3n) is 8.47. The van der Waals surface area contributed by atoms with E-state index in [1.165, 1.54) is 27.7 Å². The Morgan fingerprint density at radius 3 is 2.60 bits per heavy atom. The van der Waals surface area contributed by atoms with E-state index in [1.807, 2.05) is 6.07 Å². The molecule has 1 aromatic carbocycles. The maximum atomic E-state index is 13.8. The Labute approximate surface area is 235 Å². The highest BCUT2D eigenvalue weighted by Gasteiger charge is 2.57. The van der Waals surface area contributed by atoms with Crippen molar-refractivity contribution in [3.05, 3.63) is 64.6 Å².